The lowest BCUT2D eigenvalue weighted by Gasteiger charge is -2.11. The summed E-state index contributed by atoms with van der Waals surface area (Å²) < 4.78 is 0. The molecule has 0 saturated carbocycles. The fourth-order valence-corrected chi connectivity index (χ4v) is 2.44. The van der Waals surface area contributed by atoms with E-state index in [-0.39, 0.29) is 11.5 Å². The number of aryl methyl sites for hydroxylation is 1. The van der Waals surface area contributed by atoms with E-state index >= 15 is 0 Å². The molecule has 0 bridgehead atoms. The predicted octanol–water partition coefficient (Wildman–Crippen LogP) is 4.74. The van der Waals surface area contributed by atoms with Crippen molar-refractivity contribution in [1.29, 1.82) is 0 Å². The minimum atomic E-state index is 0.233. The van der Waals surface area contributed by atoms with E-state index in [2.05, 4.69) is 0 Å². The minimum absolute atomic E-state index is 0.233. The summed E-state index contributed by atoms with van der Waals surface area (Å²) in [5.41, 5.74) is 4.19. The van der Waals surface area contributed by atoms with Crippen LogP contribution in [0.4, 0.5) is 0 Å². The predicted molar refractivity (Wildman–Crippen MR) is 85.4 cm³/mol. The molecule has 0 heterocycles. The highest BCUT2D eigenvalue weighted by Crippen LogP contribution is 2.37. The summed E-state index contributed by atoms with van der Waals surface area (Å²) >= 11 is 0. The van der Waals surface area contributed by atoms with Crippen LogP contribution in [0.15, 0.2) is 66.7 Å². The average Bonchev–Trinajstić information content (AvgIpc) is 2.52. The van der Waals surface area contributed by atoms with Gasteiger partial charge in [0.25, 0.3) is 0 Å². The maximum Gasteiger partial charge on any atom is 0.126 e. The maximum atomic E-state index is 10.2. The Morgan fingerprint density at radius 3 is 2.19 bits per heavy atom. The fraction of sp³-hybridized carbons (Fsp3) is 0.0526. The second kappa shape index (κ2) is 5.33. The van der Waals surface area contributed by atoms with Gasteiger partial charge in [0.05, 0.1) is 0 Å². The van der Waals surface area contributed by atoms with Crippen molar-refractivity contribution in [3.05, 3.63) is 72.3 Å². The first-order valence-electron chi connectivity index (χ1n) is 6.84. The number of rotatable bonds is 2. The maximum absolute atomic E-state index is 10.2. The number of benzene rings is 3. The number of para-hydroxylation sites is 1. The highest BCUT2D eigenvalue weighted by molar-refractivity contribution is 5.80. The zero-order chi connectivity index (χ0) is 14.8. The lowest BCUT2D eigenvalue weighted by molar-refractivity contribution is 0.472. The van der Waals surface area contributed by atoms with E-state index in [0.717, 1.165) is 27.8 Å². The topological polar surface area (TPSA) is 40.5 Å². The van der Waals surface area contributed by atoms with Gasteiger partial charge in [0.2, 0.25) is 0 Å². The van der Waals surface area contributed by atoms with E-state index in [1.54, 1.807) is 6.07 Å². The van der Waals surface area contributed by atoms with Gasteiger partial charge in [-0.3, -0.25) is 0 Å². The molecule has 0 aromatic heterocycles. The van der Waals surface area contributed by atoms with Crippen LogP contribution in [0, 0.1) is 6.92 Å². The Kier molecular flexibility index (Phi) is 3.36. The molecule has 2 nitrogen and oxygen atoms in total. The summed E-state index contributed by atoms with van der Waals surface area (Å²) in [6, 6.07) is 20.8. The summed E-state index contributed by atoms with van der Waals surface area (Å²) in [6.45, 7) is 1.87. The molecule has 2 heteroatoms. The van der Waals surface area contributed by atoms with Crippen LogP contribution in [0.25, 0.3) is 22.3 Å². The van der Waals surface area contributed by atoms with Gasteiger partial charge in [-0.2, -0.15) is 0 Å². The lowest BCUT2D eigenvalue weighted by Crippen LogP contribution is -1.85. The van der Waals surface area contributed by atoms with Crippen LogP contribution >= 0.6 is 0 Å². The molecule has 0 aliphatic heterocycles. The summed E-state index contributed by atoms with van der Waals surface area (Å²) in [5, 5.41) is 20.3. The molecular weight excluding hydrogens is 260 g/mol. The van der Waals surface area contributed by atoms with Crippen molar-refractivity contribution < 1.29 is 10.2 Å². The quantitative estimate of drug-likeness (QED) is 0.709. The van der Waals surface area contributed by atoms with Crippen LogP contribution in [0.3, 0.4) is 0 Å². The van der Waals surface area contributed by atoms with Crippen LogP contribution in [-0.2, 0) is 0 Å². The summed E-state index contributed by atoms with van der Waals surface area (Å²) in [5.74, 6) is 0.513. The van der Waals surface area contributed by atoms with Crippen molar-refractivity contribution in [1.82, 2.24) is 0 Å². The van der Waals surface area contributed by atoms with Gasteiger partial charge in [-0.1, -0.05) is 54.6 Å². The van der Waals surface area contributed by atoms with Gasteiger partial charge in [0.15, 0.2) is 0 Å². The van der Waals surface area contributed by atoms with Crippen LogP contribution < -0.4 is 0 Å². The van der Waals surface area contributed by atoms with Crippen LogP contribution in [-0.4, -0.2) is 10.2 Å². The Bertz CT molecular complexity index is 777. The smallest absolute Gasteiger partial charge is 0.126 e. The van der Waals surface area contributed by atoms with Gasteiger partial charge in [-0.05, 0) is 35.7 Å². The molecule has 3 aromatic carbocycles. The average molecular weight is 276 g/mol. The van der Waals surface area contributed by atoms with E-state index in [0.29, 0.717) is 0 Å². The number of aromatic hydroxyl groups is 2. The number of phenolic OH excluding ortho intramolecular Hbond substituents is 2. The molecular formula is C19H16O2. The molecule has 21 heavy (non-hydrogen) atoms. The minimum Gasteiger partial charge on any atom is -0.507 e. The summed E-state index contributed by atoms with van der Waals surface area (Å²) in [6.07, 6.45) is 0. The number of hydrogen-bond acceptors (Lipinski definition) is 2. The molecule has 104 valence electrons. The van der Waals surface area contributed by atoms with E-state index in [4.69, 9.17) is 0 Å². The second-order valence-corrected chi connectivity index (χ2v) is 5.07. The highest BCUT2D eigenvalue weighted by atomic mass is 16.3. The first-order valence-corrected chi connectivity index (χ1v) is 6.84. The second-order valence-electron chi connectivity index (χ2n) is 5.07. The molecule has 0 unspecified atom stereocenters. The number of hydrogen-bond donors (Lipinski definition) is 2. The first kappa shape index (κ1) is 13.3. The third-order valence-corrected chi connectivity index (χ3v) is 3.63. The van der Waals surface area contributed by atoms with Crippen molar-refractivity contribution in [3.8, 4) is 33.8 Å². The van der Waals surface area contributed by atoms with E-state index in [1.165, 1.54) is 0 Å². The molecule has 0 spiro atoms. The van der Waals surface area contributed by atoms with Crippen molar-refractivity contribution in [2.45, 2.75) is 6.92 Å². The Balaban J connectivity index is 2.16. The normalized spacial score (nSPS) is 10.5. The van der Waals surface area contributed by atoms with Gasteiger partial charge in [0.1, 0.15) is 11.5 Å². The van der Waals surface area contributed by atoms with Crippen LogP contribution in [0.5, 0.6) is 11.5 Å². The highest BCUT2D eigenvalue weighted by Gasteiger charge is 2.10. The van der Waals surface area contributed by atoms with Crippen LogP contribution in [0.2, 0.25) is 0 Å². The van der Waals surface area contributed by atoms with Gasteiger partial charge < -0.3 is 10.2 Å². The molecule has 0 radical (unpaired) electrons. The largest absolute Gasteiger partial charge is 0.507 e. The molecule has 0 amide bonds. The summed E-state index contributed by atoms with van der Waals surface area (Å²) in [7, 11) is 0. The van der Waals surface area contributed by atoms with Crippen LogP contribution in [0.1, 0.15) is 5.56 Å². The molecule has 0 atom stereocenters. The zero-order valence-corrected chi connectivity index (χ0v) is 11.7. The van der Waals surface area contributed by atoms with Crippen molar-refractivity contribution >= 4 is 0 Å². The molecule has 0 saturated heterocycles. The van der Waals surface area contributed by atoms with E-state index in [1.807, 2.05) is 67.6 Å². The van der Waals surface area contributed by atoms with E-state index in [9.17, 15) is 10.2 Å². The Morgan fingerprint density at radius 1 is 0.667 bits per heavy atom. The van der Waals surface area contributed by atoms with Gasteiger partial charge in [-0.15, -0.1) is 0 Å². The first-order chi connectivity index (χ1) is 10.2. The third-order valence-electron chi connectivity index (χ3n) is 3.63. The van der Waals surface area contributed by atoms with Gasteiger partial charge in [0, 0.05) is 11.1 Å². The summed E-state index contributed by atoms with van der Waals surface area (Å²) in [4.78, 5) is 0. The molecule has 3 rings (SSSR count). The molecule has 0 fully saturated rings. The standard InChI is InChI=1S/C19H16O2/c1-13-6-5-9-16(19(13)21)15-10-11-18(20)17(12-15)14-7-3-2-4-8-14/h2-12,20-21H,1H3. The number of phenols is 2. The van der Waals surface area contributed by atoms with Crippen molar-refractivity contribution in [3.63, 3.8) is 0 Å². The fourth-order valence-electron chi connectivity index (χ4n) is 2.44. The molecule has 0 aliphatic carbocycles. The van der Waals surface area contributed by atoms with Gasteiger partial charge in [-0.25, -0.2) is 0 Å². The van der Waals surface area contributed by atoms with E-state index < -0.39 is 0 Å². The molecule has 2 N–H and O–H groups in total. The Hall–Kier alpha value is -2.74. The van der Waals surface area contributed by atoms with Gasteiger partial charge >= 0.3 is 0 Å². The lowest BCUT2D eigenvalue weighted by atomic mass is 9.96. The third kappa shape index (κ3) is 2.48. The Labute approximate surface area is 123 Å². The Morgan fingerprint density at radius 2 is 1.43 bits per heavy atom. The van der Waals surface area contributed by atoms with Crippen molar-refractivity contribution in [2.75, 3.05) is 0 Å². The molecule has 3 aromatic rings. The monoisotopic (exact) mass is 276 g/mol. The van der Waals surface area contributed by atoms with Crippen molar-refractivity contribution in [2.24, 2.45) is 0 Å². The zero-order valence-electron chi connectivity index (χ0n) is 11.7. The SMILES string of the molecule is Cc1cccc(-c2ccc(O)c(-c3ccccc3)c2)c1O. The molecule has 0 aliphatic rings.